The Morgan fingerprint density at radius 3 is 2.81 bits per heavy atom. The molecule has 1 aliphatic carbocycles. The lowest BCUT2D eigenvalue weighted by molar-refractivity contribution is -0.119. The number of rotatable bonds is 4. The minimum atomic E-state index is -1.09. The number of aromatic carboxylic acids is 1. The summed E-state index contributed by atoms with van der Waals surface area (Å²) in [6, 6.07) is 1.31. The Morgan fingerprint density at radius 2 is 2.31 bits per heavy atom. The number of carboxylic acid groups (broad SMARTS) is 1. The fraction of sp³-hybridized carbons (Fsp3) is 0.500. The Morgan fingerprint density at radius 1 is 1.62 bits per heavy atom. The van der Waals surface area contributed by atoms with E-state index in [1.165, 1.54) is 6.07 Å². The average Bonchev–Trinajstić information content (AvgIpc) is 2.97. The highest BCUT2D eigenvalue weighted by Crippen LogP contribution is 2.36. The summed E-state index contributed by atoms with van der Waals surface area (Å²) in [7, 11) is 0. The fourth-order valence-electron chi connectivity index (χ4n) is 1.55. The van der Waals surface area contributed by atoms with Crippen LogP contribution in [-0.2, 0) is 4.79 Å². The first-order valence-corrected chi connectivity index (χ1v) is 5.17. The van der Waals surface area contributed by atoms with Crippen LogP contribution in [0.4, 0.5) is 5.82 Å². The Labute approximate surface area is 92.0 Å². The molecule has 2 rings (SSSR count). The van der Waals surface area contributed by atoms with Gasteiger partial charge in [0, 0.05) is 12.0 Å². The van der Waals surface area contributed by atoms with Crippen LogP contribution < -0.4 is 5.32 Å². The molecule has 0 aliphatic heterocycles. The summed E-state index contributed by atoms with van der Waals surface area (Å²) in [4.78, 5) is 22.2. The molecule has 1 atom stereocenters. The molecule has 1 amide bonds. The van der Waals surface area contributed by atoms with Gasteiger partial charge in [-0.15, -0.1) is 0 Å². The fourth-order valence-corrected chi connectivity index (χ4v) is 1.55. The number of carbonyl (C=O) groups is 2. The minimum Gasteiger partial charge on any atom is -0.477 e. The average molecular weight is 223 g/mol. The van der Waals surface area contributed by atoms with E-state index in [0.717, 1.165) is 12.8 Å². The molecule has 0 radical (unpaired) electrons. The zero-order chi connectivity index (χ0) is 11.7. The van der Waals surface area contributed by atoms with Crippen molar-refractivity contribution in [2.45, 2.75) is 19.8 Å². The molecule has 6 heteroatoms. The van der Waals surface area contributed by atoms with E-state index in [2.05, 4.69) is 15.5 Å². The summed E-state index contributed by atoms with van der Waals surface area (Å²) < 4.78 is 0. The van der Waals surface area contributed by atoms with Crippen LogP contribution in [0.15, 0.2) is 6.07 Å². The molecule has 16 heavy (non-hydrogen) atoms. The largest absolute Gasteiger partial charge is 0.477 e. The molecule has 1 aliphatic rings. The molecule has 0 bridgehead atoms. The maximum Gasteiger partial charge on any atom is 0.353 e. The molecule has 1 fully saturated rings. The van der Waals surface area contributed by atoms with E-state index in [9.17, 15) is 9.59 Å². The number of aromatic amines is 1. The number of H-pyrrole nitrogens is 1. The Hall–Kier alpha value is -1.85. The summed E-state index contributed by atoms with van der Waals surface area (Å²) in [5.74, 6) is -0.507. The second-order valence-corrected chi connectivity index (χ2v) is 4.09. The molecule has 1 heterocycles. The lowest BCUT2D eigenvalue weighted by atomic mass is 10.1. The van der Waals surface area contributed by atoms with Crippen molar-refractivity contribution < 1.29 is 14.7 Å². The lowest BCUT2D eigenvalue weighted by Gasteiger charge is -2.08. The molecule has 0 aromatic carbocycles. The zero-order valence-electron chi connectivity index (χ0n) is 8.86. The second-order valence-electron chi connectivity index (χ2n) is 4.09. The molecule has 0 saturated heterocycles. The smallest absolute Gasteiger partial charge is 0.353 e. The van der Waals surface area contributed by atoms with E-state index < -0.39 is 5.97 Å². The highest BCUT2D eigenvalue weighted by Gasteiger charge is 2.32. The van der Waals surface area contributed by atoms with Crippen molar-refractivity contribution in [3.05, 3.63) is 11.8 Å². The Balaban J connectivity index is 1.97. The van der Waals surface area contributed by atoms with Crippen LogP contribution in [0.2, 0.25) is 0 Å². The molecule has 1 unspecified atom stereocenters. The van der Waals surface area contributed by atoms with Gasteiger partial charge in [-0.1, -0.05) is 6.92 Å². The minimum absolute atomic E-state index is 0.0330. The predicted molar refractivity (Wildman–Crippen MR) is 56.1 cm³/mol. The maximum absolute atomic E-state index is 11.7. The second kappa shape index (κ2) is 3.96. The quantitative estimate of drug-likeness (QED) is 0.712. The van der Waals surface area contributed by atoms with Gasteiger partial charge in [0.1, 0.15) is 5.69 Å². The van der Waals surface area contributed by atoms with Gasteiger partial charge in [-0.2, -0.15) is 5.10 Å². The summed E-state index contributed by atoms with van der Waals surface area (Å²) in [6.45, 7) is 1.87. The first kappa shape index (κ1) is 10.7. The third-order valence-corrected chi connectivity index (χ3v) is 2.80. The van der Waals surface area contributed by atoms with Gasteiger partial charge in [0.05, 0.1) is 0 Å². The first-order chi connectivity index (χ1) is 7.58. The number of hydrogen-bond donors (Lipinski definition) is 3. The van der Waals surface area contributed by atoms with E-state index in [1.807, 2.05) is 6.92 Å². The molecule has 1 aromatic rings. The molecule has 0 spiro atoms. The van der Waals surface area contributed by atoms with Crippen LogP contribution in [-0.4, -0.2) is 27.2 Å². The number of nitrogens with one attached hydrogen (secondary N) is 2. The van der Waals surface area contributed by atoms with Gasteiger partial charge in [-0.3, -0.25) is 9.89 Å². The summed E-state index contributed by atoms with van der Waals surface area (Å²) in [6.07, 6.45) is 2.19. The number of nitrogens with zero attached hydrogens (tertiary/aromatic N) is 1. The van der Waals surface area contributed by atoms with Gasteiger partial charge in [-0.25, -0.2) is 4.79 Å². The van der Waals surface area contributed by atoms with Gasteiger partial charge >= 0.3 is 5.97 Å². The van der Waals surface area contributed by atoms with Gasteiger partial charge in [0.15, 0.2) is 5.82 Å². The van der Waals surface area contributed by atoms with E-state index in [-0.39, 0.29) is 23.3 Å². The molecule has 1 saturated carbocycles. The van der Waals surface area contributed by atoms with Crippen LogP contribution in [0.1, 0.15) is 30.3 Å². The topological polar surface area (TPSA) is 95.1 Å². The summed E-state index contributed by atoms with van der Waals surface area (Å²) in [5, 5.41) is 17.3. The molecular weight excluding hydrogens is 210 g/mol. The maximum atomic E-state index is 11.7. The van der Waals surface area contributed by atoms with Crippen molar-refractivity contribution >= 4 is 17.7 Å². The molecule has 1 aromatic heterocycles. The van der Waals surface area contributed by atoms with Crippen molar-refractivity contribution in [1.29, 1.82) is 0 Å². The van der Waals surface area contributed by atoms with Crippen molar-refractivity contribution in [3.8, 4) is 0 Å². The van der Waals surface area contributed by atoms with Gasteiger partial charge < -0.3 is 10.4 Å². The van der Waals surface area contributed by atoms with E-state index in [4.69, 9.17) is 5.11 Å². The molecule has 3 N–H and O–H groups in total. The van der Waals surface area contributed by atoms with E-state index in [1.54, 1.807) is 0 Å². The highest BCUT2D eigenvalue weighted by atomic mass is 16.4. The zero-order valence-corrected chi connectivity index (χ0v) is 8.86. The highest BCUT2D eigenvalue weighted by molar-refractivity contribution is 5.93. The third-order valence-electron chi connectivity index (χ3n) is 2.80. The first-order valence-electron chi connectivity index (χ1n) is 5.17. The third kappa shape index (κ3) is 2.21. The van der Waals surface area contributed by atoms with Gasteiger partial charge in [0.2, 0.25) is 5.91 Å². The van der Waals surface area contributed by atoms with Crippen molar-refractivity contribution in [3.63, 3.8) is 0 Å². The van der Waals surface area contributed by atoms with Crippen LogP contribution in [0, 0.1) is 11.8 Å². The van der Waals surface area contributed by atoms with Crippen LogP contribution in [0.25, 0.3) is 0 Å². The van der Waals surface area contributed by atoms with E-state index in [0.29, 0.717) is 5.92 Å². The number of anilines is 1. The number of hydrogen-bond acceptors (Lipinski definition) is 3. The standard InChI is InChI=1S/C10H13N3O3/c1-5(6-2-3-6)9(14)11-8-4-7(10(15)16)12-13-8/h4-6H,2-3H2,1H3,(H,15,16)(H2,11,12,13,14). The summed E-state index contributed by atoms with van der Waals surface area (Å²) in [5.41, 5.74) is -0.0330. The molecular formula is C10H13N3O3. The van der Waals surface area contributed by atoms with Crippen molar-refractivity contribution in [2.75, 3.05) is 5.32 Å². The number of amides is 1. The number of carbonyl (C=O) groups excluding carboxylic acids is 1. The van der Waals surface area contributed by atoms with Gasteiger partial charge in [0.25, 0.3) is 0 Å². The Kier molecular flexibility index (Phi) is 2.64. The lowest BCUT2D eigenvalue weighted by Crippen LogP contribution is -2.21. The predicted octanol–water partition coefficient (Wildman–Crippen LogP) is 1.09. The monoisotopic (exact) mass is 223 g/mol. The normalized spacial score (nSPS) is 16.8. The molecule has 86 valence electrons. The molecule has 6 nitrogen and oxygen atoms in total. The van der Waals surface area contributed by atoms with Crippen molar-refractivity contribution in [2.24, 2.45) is 11.8 Å². The number of carboxylic acids is 1. The Bertz CT molecular complexity index is 423. The van der Waals surface area contributed by atoms with Crippen LogP contribution in [0.3, 0.4) is 0 Å². The SMILES string of the molecule is CC(C(=O)Nc1cc(C(=O)O)[nH]n1)C1CC1. The van der Waals surface area contributed by atoms with Crippen LogP contribution in [0.5, 0.6) is 0 Å². The van der Waals surface area contributed by atoms with Crippen molar-refractivity contribution in [1.82, 2.24) is 10.2 Å². The number of aromatic nitrogens is 2. The van der Waals surface area contributed by atoms with E-state index >= 15 is 0 Å². The van der Waals surface area contributed by atoms with Gasteiger partial charge in [-0.05, 0) is 18.8 Å². The summed E-state index contributed by atoms with van der Waals surface area (Å²) >= 11 is 0. The van der Waals surface area contributed by atoms with Crippen LogP contribution >= 0.6 is 0 Å².